The molecule has 0 spiro atoms. The van der Waals surface area contributed by atoms with E-state index in [1.165, 1.54) is 19.2 Å². The van der Waals surface area contributed by atoms with Crippen LogP contribution in [0.4, 0.5) is 5.82 Å². The molecule has 1 fully saturated rings. The highest BCUT2D eigenvalue weighted by Crippen LogP contribution is 2.38. The highest BCUT2D eigenvalue weighted by molar-refractivity contribution is 5.85. The standard InChI is InChI=1S/C10H11N3O/c1-10(3-4-10)13-8-7-2-5-14-9(7)12-6-11-8/h2,5-6H,3-4H2,1H3,(H,11,12,13). The lowest BCUT2D eigenvalue weighted by molar-refractivity contribution is 0.602. The summed E-state index contributed by atoms with van der Waals surface area (Å²) in [6.07, 6.45) is 5.58. The fourth-order valence-electron chi connectivity index (χ4n) is 1.49. The number of aromatic nitrogens is 2. The average Bonchev–Trinajstić information content (AvgIpc) is 2.73. The van der Waals surface area contributed by atoms with Crippen LogP contribution in [0.15, 0.2) is 23.1 Å². The molecule has 4 nitrogen and oxygen atoms in total. The lowest BCUT2D eigenvalue weighted by atomic mass is 10.3. The summed E-state index contributed by atoms with van der Waals surface area (Å²) in [6.45, 7) is 2.20. The van der Waals surface area contributed by atoms with Crippen molar-refractivity contribution in [1.29, 1.82) is 0 Å². The van der Waals surface area contributed by atoms with Gasteiger partial charge in [-0.15, -0.1) is 0 Å². The summed E-state index contributed by atoms with van der Waals surface area (Å²) < 4.78 is 5.20. The number of nitrogens with zero attached hydrogens (tertiary/aromatic N) is 2. The molecule has 1 saturated carbocycles. The first kappa shape index (κ1) is 7.79. The van der Waals surface area contributed by atoms with Gasteiger partial charge in [-0.05, 0) is 25.8 Å². The van der Waals surface area contributed by atoms with E-state index in [0.29, 0.717) is 5.71 Å². The van der Waals surface area contributed by atoms with Gasteiger partial charge in [0.25, 0.3) is 0 Å². The van der Waals surface area contributed by atoms with Gasteiger partial charge in [0.2, 0.25) is 5.71 Å². The number of fused-ring (bicyclic) bond motifs is 1. The van der Waals surface area contributed by atoms with E-state index in [9.17, 15) is 0 Å². The van der Waals surface area contributed by atoms with Crippen LogP contribution in [-0.4, -0.2) is 15.5 Å². The van der Waals surface area contributed by atoms with E-state index in [0.717, 1.165) is 11.2 Å². The summed E-state index contributed by atoms with van der Waals surface area (Å²) in [7, 11) is 0. The van der Waals surface area contributed by atoms with Crippen LogP contribution >= 0.6 is 0 Å². The molecule has 0 unspecified atom stereocenters. The van der Waals surface area contributed by atoms with Crippen molar-refractivity contribution >= 4 is 16.9 Å². The number of anilines is 1. The molecular weight excluding hydrogens is 178 g/mol. The van der Waals surface area contributed by atoms with Crippen molar-refractivity contribution in [2.45, 2.75) is 25.3 Å². The molecule has 0 amide bonds. The summed E-state index contributed by atoms with van der Waals surface area (Å²) >= 11 is 0. The zero-order chi connectivity index (χ0) is 9.60. The Bertz CT molecular complexity index is 473. The predicted octanol–water partition coefficient (Wildman–Crippen LogP) is 2.19. The molecule has 0 bridgehead atoms. The number of furan rings is 1. The first-order valence-electron chi connectivity index (χ1n) is 4.73. The summed E-state index contributed by atoms with van der Waals surface area (Å²) in [4.78, 5) is 8.26. The Hall–Kier alpha value is -1.58. The van der Waals surface area contributed by atoms with E-state index in [-0.39, 0.29) is 5.54 Å². The lowest BCUT2D eigenvalue weighted by Gasteiger charge is -2.11. The highest BCUT2D eigenvalue weighted by atomic mass is 16.3. The van der Waals surface area contributed by atoms with E-state index in [1.54, 1.807) is 6.26 Å². The van der Waals surface area contributed by atoms with Gasteiger partial charge in [0.05, 0.1) is 11.6 Å². The van der Waals surface area contributed by atoms with Gasteiger partial charge in [0, 0.05) is 5.54 Å². The van der Waals surface area contributed by atoms with Gasteiger partial charge in [-0.3, -0.25) is 0 Å². The fourth-order valence-corrected chi connectivity index (χ4v) is 1.49. The van der Waals surface area contributed by atoms with Gasteiger partial charge in [-0.1, -0.05) is 0 Å². The maximum atomic E-state index is 5.20. The van der Waals surface area contributed by atoms with E-state index in [2.05, 4.69) is 22.2 Å². The molecule has 1 aliphatic rings. The van der Waals surface area contributed by atoms with Crippen LogP contribution in [-0.2, 0) is 0 Å². The van der Waals surface area contributed by atoms with Crippen LogP contribution in [0.2, 0.25) is 0 Å². The second-order valence-electron chi connectivity index (χ2n) is 4.05. The summed E-state index contributed by atoms with van der Waals surface area (Å²) in [5.74, 6) is 0.878. The lowest BCUT2D eigenvalue weighted by Crippen LogP contribution is -2.16. The molecule has 2 aromatic heterocycles. The maximum Gasteiger partial charge on any atom is 0.231 e. The van der Waals surface area contributed by atoms with Gasteiger partial charge in [0.15, 0.2) is 0 Å². The topological polar surface area (TPSA) is 51.0 Å². The smallest absolute Gasteiger partial charge is 0.231 e. The van der Waals surface area contributed by atoms with E-state index >= 15 is 0 Å². The molecule has 14 heavy (non-hydrogen) atoms. The molecule has 0 atom stereocenters. The fraction of sp³-hybridized carbons (Fsp3) is 0.400. The first-order chi connectivity index (χ1) is 6.77. The van der Waals surface area contributed by atoms with Crippen LogP contribution in [0.25, 0.3) is 11.1 Å². The van der Waals surface area contributed by atoms with E-state index in [1.807, 2.05) is 6.07 Å². The SMILES string of the molecule is CC1(Nc2ncnc3occc23)CC1. The van der Waals surface area contributed by atoms with E-state index < -0.39 is 0 Å². The molecule has 4 heteroatoms. The molecule has 1 aliphatic carbocycles. The minimum atomic E-state index is 0.235. The van der Waals surface area contributed by atoms with Crippen LogP contribution in [0.1, 0.15) is 19.8 Å². The average molecular weight is 189 g/mol. The molecular formula is C10H11N3O. The van der Waals surface area contributed by atoms with Crippen molar-refractivity contribution in [3.05, 3.63) is 18.7 Å². The number of rotatable bonds is 2. The molecule has 3 rings (SSSR count). The van der Waals surface area contributed by atoms with Crippen molar-refractivity contribution in [3.63, 3.8) is 0 Å². The second-order valence-corrected chi connectivity index (χ2v) is 4.05. The molecule has 0 radical (unpaired) electrons. The van der Waals surface area contributed by atoms with Crippen molar-refractivity contribution < 1.29 is 4.42 Å². The zero-order valence-electron chi connectivity index (χ0n) is 7.95. The third-order valence-electron chi connectivity index (χ3n) is 2.68. The summed E-state index contributed by atoms with van der Waals surface area (Å²) in [5, 5.41) is 4.37. The molecule has 0 aromatic carbocycles. The summed E-state index contributed by atoms with van der Waals surface area (Å²) in [5.41, 5.74) is 0.880. The summed E-state index contributed by atoms with van der Waals surface area (Å²) in [6, 6.07) is 1.89. The van der Waals surface area contributed by atoms with Crippen LogP contribution in [0.3, 0.4) is 0 Å². The Morgan fingerprint density at radius 1 is 1.43 bits per heavy atom. The van der Waals surface area contributed by atoms with Crippen LogP contribution < -0.4 is 5.32 Å². The maximum absolute atomic E-state index is 5.20. The zero-order valence-corrected chi connectivity index (χ0v) is 7.95. The third-order valence-corrected chi connectivity index (χ3v) is 2.68. The van der Waals surface area contributed by atoms with Gasteiger partial charge in [-0.2, -0.15) is 0 Å². The van der Waals surface area contributed by atoms with Crippen molar-refractivity contribution in [2.24, 2.45) is 0 Å². The highest BCUT2D eigenvalue weighted by Gasteiger charge is 2.37. The molecule has 72 valence electrons. The molecule has 2 heterocycles. The van der Waals surface area contributed by atoms with Crippen LogP contribution in [0, 0.1) is 0 Å². The molecule has 2 aromatic rings. The van der Waals surface area contributed by atoms with Gasteiger partial charge in [-0.25, -0.2) is 9.97 Å². The third kappa shape index (κ3) is 1.14. The Morgan fingerprint density at radius 3 is 3.07 bits per heavy atom. The van der Waals surface area contributed by atoms with Crippen molar-refractivity contribution in [1.82, 2.24) is 9.97 Å². The Balaban J connectivity index is 2.06. The Labute approximate surface area is 81.4 Å². The van der Waals surface area contributed by atoms with Crippen molar-refractivity contribution in [2.75, 3.05) is 5.32 Å². The van der Waals surface area contributed by atoms with Crippen LogP contribution in [0.5, 0.6) is 0 Å². The normalized spacial score (nSPS) is 18.4. The van der Waals surface area contributed by atoms with Crippen molar-refractivity contribution in [3.8, 4) is 0 Å². The number of hydrogen-bond donors (Lipinski definition) is 1. The van der Waals surface area contributed by atoms with Gasteiger partial charge >= 0.3 is 0 Å². The second kappa shape index (κ2) is 2.47. The van der Waals surface area contributed by atoms with Gasteiger partial charge < -0.3 is 9.73 Å². The minimum Gasteiger partial charge on any atom is -0.446 e. The Morgan fingerprint density at radius 2 is 2.29 bits per heavy atom. The predicted molar refractivity (Wildman–Crippen MR) is 53.1 cm³/mol. The Kier molecular flexibility index (Phi) is 1.37. The number of hydrogen-bond acceptors (Lipinski definition) is 4. The minimum absolute atomic E-state index is 0.235. The molecule has 0 aliphatic heterocycles. The number of nitrogens with one attached hydrogen (secondary N) is 1. The molecule has 1 N–H and O–H groups in total. The quantitative estimate of drug-likeness (QED) is 0.786. The first-order valence-corrected chi connectivity index (χ1v) is 4.73. The molecule has 0 saturated heterocycles. The van der Waals surface area contributed by atoms with E-state index in [4.69, 9.17) is 4.42 Å². The monoisotopic (exact) mass is 189 g/mol. The largest absolute Gasteiger partial charge is 0.446 e. The van der Waals surface area contributed by atoms with Gasteiger partial charge in [0.1, 0.15) is 12.1 Å².